The second kappa shape index (κ2) is 7.51. The smallest absolute Gasteiger partial charge is 0.177 e. The Hall–Kier alpha value is -2.31. The van der Waals surface area contributed by atoms with Crippen LogP contribution in [0, 0.1) is 0 Å². The predicted octanol–water partition coefficient (Wildman–Crippen LogP) is 3.68. The van der Waals surface area contributed by atoms with Gasteiger partial charge in [-0.2, -0.15) is 0 Å². The second-order valence-electron chi connectivity index (χ2n) is 6.88. The van der Waals surface area contributed by atoms with Gasteiger partial charge in [-0.15, -0.1) is 5.10 Å². The summed E-state index contributed by atoms with van der Waals surface area (Å²) in [4.78, 5) is 4.41. The van der Waals surface area contributed by atoms with Crippen molar-refractivity contribution in [1.29, 1.82) is 0 Å². The standard InChI is InChI=1S/C19H23ClN6/c20-14-3-1-2-13(10-14)12-23-17-11-18(25-26-9-8-22-19(17)26)24-16-6-4-15(21)5-7-16/h1-3,8-11,15-16,23H,4-7,12,21H2,(H,24,25)/t15-,16-. The van der Waals surface area contributed by atoms with Gasteiger partial charge in [0.05, 0.1) is 5.69 Å². The maximum atomic E-state index is 6.07. The molecule has 0 atom stereocenters. The number of benzene rings is 1. The van der Waals surface area contributed by atoms with E-state index in [9.17, 15) is 0 Å². The van der Waals surface area contributed by atoms with E-state index < -0.39 is 0 Å². The summed E-state index contributed by atoms with van der Waals surface area (Å²) >= 11 is 6.07. The van der Waals surface area contributed by atoms with Crippen molar-refractivity contribution in [2.75, 3.05) is 10.6 Å². The zero-order chi connectivity index (χ0) is 17.9. The number of fused-ring (bicyclic) bond motifs is 1. The summed E-state index contributed by atoms with van der Waals surface area (Å²) in [6.07, 6.45) is 7.90. The summed E-state index contributed by atoms with van der Waals surface area (Å²) < 4.78 is 1.80. The fourth-order valence-electron chi connectivity index (χ4n) is 3.43. The van der Waals surface area contributed by atoms with Crippen LogP contribution < -0.4 is 16.4 Å². The Bertz CT molecular complexity index is 885. The third-order valence-electron chi connectivity index (χ3n) is 4.85. The minimum Gasteiger partial charge on any atom is -0.378 e. The molecule has 0 amide bonds. The Labute approximate surface area is 157 Å². The van der Waals surface area contributed by atoms with Crippen molar-refractivity contribution in [2.24, 2.45) is 5.73 Å². The van der Waals surface area contributed by atoms with E-state index in [1.165, 1.54) is 0 Å². The second-order valence-corrected chi connectivity index (χ2v) is 7.31. The number of halogens is 1. The fraction of sp³-hybridized carbons (Fsp3) is 0.368. The number of anilines is 2. The van der Waals surface area contributed by atoms with Crippen molar-refractivity contribution in [2.45, 2.75) is 44.3 Å². The Morgan fingerprint density at radius 3 is 2.85 bits per heavy atom. The zero-order valence-corrected chi connectivity index (χ0v) is 15.3. The van der Waals surface area contributed by atoms with Gasteiger partial charge in [0.1, 0.15) is 5.82 Å². The summed E-state index contributed by atoms with van der Waals surface area (Å²) in [7, 11) is 0. The van der Waals surface area contributed by atoms with Crippen LogP contribution in [-0.2, 0) is 6.54 Å². The Morgan fingerprint density at radius 1 is 1.19 bits per heavy atom. The number of rotatable bonds is 5. The summed E-state index contributed by atoms with van der Waals surface area (Å²) in [6, 6.07) is 10.6. The van der Waals surface area contributed by atoms with Crippen LogP contribution in [0.5, 0.6) is 0 Å². The van der Waals surface area contributed by atoms with Gasteiger partial charge in [-0.1, -0.05) is 23.7 Å². The minimum absolute atomic E-state index is 0.340. The van der Waals surface area contributed by atoms with Crippen LogP contribution in [0.2, 0.25) is 5.02 Å². The van der Waals surface area contributed by atoms with E-state index in [0.29, 0.717) is 18.6 Å². The number of aromatic nitrogens is 3. The lowest BCUT2D eigenvalue weighted by Gasteiger charge is -2.27. The van der Waals surface area contributed by atoms with Crippen molar-refractivity contribution >= 4 is 28.8 Å². The molecule has 0 saturated heterocycles. The molecule has 26 heavy (non-hydrogen) atoms. The molecular formula is C19H23ClN6. The van der Waals surface area contributed by atoms with Gasteiger partial charge < -0.3 is 16.4 Å². The van der Waals surface area contributed by atoms with Crippen molar-refractivity contribution < 1.29 is 0 Å². The number of nitrogens with one attached hydrogen (secondary N) is 2. The van der Waals surface area contributed by atoms with E-state index in [4.69, 9.17) is 17.3 Å². The quantitative estimate of drug-likeness (QED) is 0.638. The van der Waals surface area contributed by atoms with Gasteiger partial charge in [-0.3, -0.25) is 0 Å². The topological polar surface area (TPSA) is 80.3 Å². The fourth-order valence-corrected chi connectivity index (χ4v) is 3.65. The average molecular weight is 371 g/mol. The van der Waals surface area contributed by atoms with Gasteiger partial charge >= 0.3 is 0 Å². The van der Waals surface area contributed by atoms with Crippen LogP contribution in [-0.4, -0.2) is 26.7 Å². The SMILES string of the molecule is N[C@H]1CC[C@H](Nc2cc(NCc3cccc(Cl)c3)c3nccn3n2)CC1. The van der Waals surface area contributed by atoms with Crippen molar-refractivity contribution in [3.8, 4) is 0 Å². The average Bonchev–Trinajstić information content (AvgIpc) is 3.10. The molecule has 1 saturated carbocycles. The third kappa shape index (κ3) is 3.92. The lowest BCUT2D eigenvalue weighted by atomic mass is 9.92. The molecule has 4 rings (SSSR count). The maximum Gasteiger partial charge on any atom is 0.177 e. The van der Waals surface area contributed by atoms with Crippen LogP contribution >= 0.6 is 11.6 Å². The van der Waals surface area contributed by atoms with Gasteiger partial charge in [0.15, 0.2) is 5.65 Å². The van der Waals surface area contributed by atoms with Gasteiger partial charge in [0, 0.05) is 42.1 Å². The van der Waals surface area contributed by atoms with E-state index in [1.807, 2.05) is 36.5 Å². The number of hydrogen-bond acceptors (Lipinski definition) is 5. The molecule has 3 aromatic rings. The van der Waals surface area contributed by atoms with Gasteiger partial charge in [-0.05, 0) is 43.4 Å². The molecule has 6 nitrogen and oxygen atoms in total. The highest BCUT2D eigenvalue weighted by Gasteiger charge is 2.19. The number of hydrogen-bond donors (Lipinski definition) is 3. The Kier molecular flexibility index (Phi) is 4.95. The van der Waals surface area contributed by atoms with Crippen LogP contribution in [0.25, 0.3) is 5.65 Å². The molecule has 7 heteroatoms. The number of nitrogens with two attached hydrogens (primary N) is 1. The van der Waals surface area contributed by atoms with E-state index in [-0.39, 0.29) is 0 Å². The highest BCUT2D eigenvalue weighted by Crippen LogP contribution is 2.24. The molecular weight excluding hydrogens is 348 g/mol. The van der Waals surface area contributed by atoms with Crippen LogP contribution in [0.3, 0.4) is 0 Å². The molecule has 0 unspecified atom stereocenters. The van der Waals surface area contributed by atoms with Crippen LogP contribution in [0.15, 0.2) is 42.7 Å². The summed E-state index contributed by atoms with van der Waals surface area (Å²) in [5.74, 6) is 0.851. The summed E-state index contributed by atoms with van der Waals surface area (Å²) in [6.45, 7) is 0.671. The van der Waals surface area contributed by atoms with Gasteiger partial charge in [0.2, 0.25) is 0 Å². The highest BCUT2D eigenvalue weighted by molar-refractivity contribution is 6.30. The molecule has 136 valence electrons. The van der Waals surface area contributed by atoms with E-state index in [1.54, 1.807) is 10.7 Å². The largest absolute Gasteiger partial charge is 0.378 e. The molecule has 0 aliphatic heterocycles. The molecule has 0 bridgehead atoms. The molecule has 2 aromatic heterocycles. The summed E-state index contributed by atoms with van der Waals surface area (Å²) in [5, 5.41) is 12.4. The first-order valence-corrected chi connectivity index (χ1v) is 9.40. The molecule has 2 heterocycles. The molecule has 1 aliphatic rings. The molecule has 4 N–H and O–H groups in total. The molecule has 1 fully saturated rings. The van der Waals surface area contributed by atoms with E-state index in [0.717, 1.165) is 53.4 Å². The van der Waals surface area contributed by atoms with Crippen LogP contribution in [0.1, 0.15) is 31.2 Å². The highest BCUT2D eigenvalue weighted by atomic mass is 35.5. The van der Waals surface area contributed by atoms with Gasteiger partial charge in [-0.25, -0.2) is 9.50 Å². The maximum absolute atomic E-state index is 6.07. The first-order chi connectivity index (χ1) is 12.7. The van der Waals surface area contributed by atoms with Gasteiger partial charge in [0.25, 0.3) is 0 Å². The minimum atomic E-state index is 0.340. The predicted molar refractivity (Wildman–Crippen MR) is 106 cm³/mol. The summed E-state index contributed by atoms with van der Waals surface area (Å²) in [5.41, 5.74) is 8.88. The number of nitrogens with zero attached hydrogens (tertiary/aromatic N) is 3. The molecule has 1 aliphatic carbocycles. The third-order valence-corrected chi connectivity index (χ3v) is 5.09. The van der Waals surface area contributed by atoms with Crippen LogP contribution in [0.4, 0.5) is 11.5 Å². The normalized spacial score (nSPS) is 20.2. The molecule has 0 radical (unpaired) electrons. The Morgan fingerprint density at radius 2 is 2.04 bits per heavy atom. The zero-order valence-electron chi connectivity index (χ0n) is 14.5. The molecule has 0 spiro atoms. The van der Waals surface area contributed by atoms with Crippen molar-refractivity contribution in [1.82, 2.24) is 14.6 Å². The van der Waals surface area contributed by atoms with Crippen molar-refractivity contribution in [3.05, 3.63) is 53.3 Å². The van der Waals surface area contributed by atoms with E-state index in [2.05, 4.69) is 20.7 Å². The number of imidazole rings is 1. The monoisotopic (exact) mass is 370 g/mol. The molecule has 1 aromatic carbocycles. The van der Waals surface area contributed by atoms with E-state index >= 15 is 0 Å². The first-order valence-electron chi connectivity index (χ1n) is 9.02. The first kappa shape index (κ1) is 17.1. The lowest BCUT2D eigenvalue weighted by Crippen LogP contribution is -2.33. The van der Waals surface area contributed by atoms with Crippen molar-refractivity contribution in [3.63, 3.8) is 0 Å². The lowest BCUT2D eigenvalue weighted by molar-refractivity contribution is 0.410. The Balaban J connectivity index is 1.52.